The first-order valence-electron chi connectivity index (χ1n) is 8.30. The minimum atomic E-state index is -3.87. The minimum absolute atomic E-state index is 0.0371. The predicted octanol–water partition coefficient (Wildman–Crippen LogP) is 3.70. The van der Waals surface area contributed by atoms with Crippen LogP contribution in [-0.4, -0.2) is 54.6 Å². The van der Waals surface area contributed by atoms with Gasteiger partial charge in [-0.3, -0.25) is 14.9 Å². The Labute approximate surface area is 181 Å². The maximum absolute atomic E-state index is 12.9. The number of nitro groups is 1. The number of amides is 1. The Morgan fingerprint density at radius 2 is 1.66 bits per heavy atom. The van der Waals surface area contributed by atoms with Crippen molar-refractivity contribution in [2.75, 3.05) is 26.2 Å². The van der Waals surface area contributed by atoms with Crippen LogP contribution in [-0.2, 0) is 10.0 Å². The van der Waals surface area contributed by atoms with E-state index in [0.717, 1.165) is 6.07 Å². The maximum Gasteiger partial charge on any atom is 0.270 e. The molecular formula is C17H14Cl3N3O5S. The second-order valence-electron chi connectivity index (χ2n) is 6.17. The van der Waals surface area contributed by atoms with Gasteiger partial charge in [0.15, 0.2) is 0 Å². The van der Waals surface area contributed by atoms with Gasteiger partial charge in [0, 0.05) is 38.3 Å². The number of carbonyl (C=O) groups excluding carboxylic acids is 1. The SMILES string of the molecule is O=C(c1ccc([N+](=O)[O-])cc1Cl)N1CCN(S(=O)(=O)c2cccc(Cl)c2Cl)CC1. The zero-order valence-corrected chi connectivity index (χ0v) is 17.8. The van der Waals surface area contributed by atoms with Gasteiger partial charge in [0.1, 0.15) is 4.90 Å². The van der Waals surface area contributed by atoms with E-state index in [2.05, 4.69) is 0 Å². The number of nitrogens with zero attached hydrogens (tertiary/aromatic N) is 3. The van der Waals surface area contributed by atoms with Crippen LogP contribution in [0.5, 0.6) is 0 Å². The third kappa shape index (κ3) is 4.34. The summed E-state index contributed by atoms with van der Waals surface area (Å²) in [7, 11) is -3.87. The van der Waals surface area contributed by atoms with Gasteiger partial charge in [0.05, 0.1) is 25.6 Å². The number of sulfonamides is 1. The van der Waals surface area contributed by atoms with Crippen molar-refractivity contribution in [2.45, 2.75) is 4.90 Å². The summed E-state index contributed by atoms with van der Waals surface area (Å²) in [6.07, 6.45) is 0. The van der Waals surface area contributed by atoms with Crippen molar-refractivity contribution in [3.8, 4) is 0 Å². The van der Waals surface area contributed by atoms with Crippen molar-refractivity contribution in [3.05, 3.63) is 67.1 Å². The number of hydrogen-bond acceptors (Lipinski definition) is 5. The Balaban J connectivity index is 1.74. The van der Waals surface area contributed by atoms with Crippen molar-refractivity contribution in [3.63, 3.8) is 0 Å². The Morgan fingerprint density at radius 1 is 1.00 bits per heavy atom. The average Bonchev–Trinajstić information content (AvgIpc) is 2.69. The first-order valence-corrected chi connectivity index (χ1v) is 10.9. The lowest BCUT2D eigenvalue weighted by Gasteiger charge is -2.34. The highest BCUT2D eigenvalue weighted by molar-refractivity contribution is 7.89. The lowest BCUT2D eigenvalue weighted by Crippen LogP contribution is -2.50. The maximum atomic E-state index is 12.9. The average molecular weight is 479 g/mol. The smallest absolute Gasteiger partial charge is 0.270 e. The highest BCUT2D eigenvalue weighted by atomic mass is 35.5. The molecule has 0 unspecified atom stereocenters. The molecule has 1 amide bonds. The molecule has 0 spiro atoms. The van der Waals surface area contributed by atoms with E-state index in [1.807, 2.05) is 0 Å². The predicted molar refractivity (Wildman–Crippen MR) is 109 cm³/mol. The number of hydrogen-bond donors (Lipinski definition) is 0. The highest BCUT2D eigenvalue weighted by Crippen LogP contribution is 2.31. The molecule has 12 heteroatoms. The molecule has 2 aromatic rings. The van der Waals surface area contributed by atoms with Gasteiger partial charge in [-0.15, -0.1) is 0 Å². The molecule has 0 N–H and O–H groups in total. The molecule has 0 saturated carbocycles. The number of piperazine rings is 1. The summed E-state index contributed by atoms with van der Waals surface area (Å²) in [5.41, 5.74) is -0.104. The van der Waals surface area contributed by atoms with Gasteiger partial charge >= 0.3 is 0 Å². The number of nitro benzene ring substituents is 1. The number of non-ortho nitro benzene ring substituents is 1. The van der Waals surface area contributed by atoms with Crippen molar-refractivity contribution in [1.29, 1.82) is 0 Å². The van der Waals surface area contributed by atoms with E-state index in [1.54, 1.807) is 0 Å². The number of carbonyl (C=O) groups is 1. The lowest BCUT2D eigenvalue weighted by molar-refractivity contribution is -0.384. The Morgan fingerprint density at radius 3 is 2.24 bits per heavy atom. The van der Waals surface area contributed by atoms with Crippen molar-refractivity contribution >= 4 is 56.4 Å². The van der Waals surface area contributed by atoms with Crippen molar-refractivity contribution < 1.29 is 18.1 Å². The van der Waals surface area contributed by atoms with E-state index < -0.39 is 20.9 Å². The number of rotatable bonds is 4. The van der Waals surface area contributed by atoms with Crippen LogP contribution >= 0.6 is 34.8 Å². The molecule has 1 aliphatic rings. The molecule has 0 atom stereocenters. The molecule has 0 aromatic heterocycles. The van der Waals surface area contributed by atoms with Crippen molar-refractivity contribution in [2.24, 2.45) is 0 Å². The lowest BCUT2D eigenvalue weighted by atomic mass is 10.1. The number of halogens is 3. The van der Waals surface area contributed by atoms with Crippen LogP contribution in [0.4, 0.5) is 5.69 Å². The van der Waals surface area contributed by atoms with Gasteiger partial charge in [0.25, 0.3) is 11.6 Å². The summed E-state index contributed by atoms with van der Waals surface area (Å²) in [6, 6.07) is 7.96. The van der Waals surface area contributed by atoms with Crippen LogP contribution in [0.25, 0.3) is 0 Å². The van der Waals surface area contributed by atoms with Gasteiger partial charge in [-0.1, -0.05) is 40.9 Å². The van der Waals surface area contributed by atoms with Crippen LogP contribution in [0.1, 0.15) is 10.4 Å². The van der Waals surface area contributed by atoms with Crippen LogP contribution in [0, 0.1) is 10.1 Å². The quantitative estimate of drug-likeness (QED) is 0.492. The number of benzene rings is 2. The van der Waals surface area contributed by atoms with Gasteiger partial charge in [-0.05, 0) is 18.2 Å². The zero-order chi connectivity index (χ0) is 21.3. The second kappa shape index (κ2) is 8.45. The molecule has 8 nitrogen and oxygen atoms in total. The van der Waals surface area contributed by atoms with E-state index in [4.69, 9.17) is 34.8 Å². The third-order valence-electron chi connectivity index (χ3n) is 4.45. The molecular weight excluding hydrogens is 465 g/mol. The monoisotopic (exact) mass is 477 g/mol. The molecule has 154 valence electrons. The molecule has 1 fully saturated rings. The molecule has 0 bridgehead atoms. The zero-order valence-electron chi connectivity index (χ0n) is 14.7. The fraction of sp³-hybridized carbons (Fsp3) is 0.235. The summed E-state index contributed by atoms with van der Waals surface area (Å²) in [5.74, 6) is -0.428. The van der Waals surface area contributed by atoms with E-state index >= 15 is 0 Å². The normalized spacial score (nSPS) is 15.3. The molecule has 1 aliphatic heterocycles. The highest BCUT2D eigenvalue weighted by Gasteiger charge is 2.32. The van der Waals surface area contributed by atoms with Crippen LogP contribution in [0.3, 0.4) is 0 Å². The first-order chi connectivity index (χ1) is 13.6. The summed E-state index contributed by atoms with van der Waals surface area (Å²) in [6.45, 7) is 0.371. The van der Waals surface area contributed by atoms with Crippen LogP contribution < -0.4 is 0 Å². The Hall–Kier alpha value is -1.91. The molecule has 1 heterocycles. The topological polar surface area (TPSA) is 101 Å². The third-order valence-corrected chi connectivity index (χ3v) is 7.64. The fourth-order valence-corrected chi connectivity index (χ4v) is 5.33. The molecule has 1 saturated heterocycles. The van der Waals surface area contributed by atoms with E-state index in [9.17, 15) is 23.3 Å². The van der Waals surface area contributed by atoms with E-state index in [-0.39, 0.29) is 57.4 Å². The summed E-state index contributed by atoms with van der Waals surface area (Å²) in [5, 5.41) is 10.8. The summed E-state index contributed by atoms with van der Waals surface area (Å²) in [4.78, 5) is 24.2. The molecule has 2 aromatic carbocycles. The van der Waals surface area contributed by atoms with Crippen LogP contribution in [0.2, 0.25) is 15.1 Å². The first kappa shape index (κ1) is 21.8. The second-order valence-corrected chi connectivity index (χ2v) is 9.27. The molecule has 3 rings (SSSR count). The summed E-state index contributed by atoms with van der Waals surface area (Å²) < 4.78 is 26.9. The molecule has 0 radical (unpaired) electrons. The van der Waals surface area contributed by atoms with Crippen molar-refractivity contribution in [1.82, 2.24) is 9.21 Å². The van der Waals surface area contributed by atoms with Gasteiger partial charge < -0.3 is 4.90 Å². The Kier molecular flexibility index (Phi) is 6.35. The largest absolute Gasteiger partial charge is 0.336 e. The summed E-state index contributed by atoms with van der Waals surface area (Å²) >= 11 is 18.0. The van der Waals surface area contributed by atoms with Gasteiger partial charge in [-0.2, -0.15) is 4.31 Å². The molecule has 0 aliphatic carbocycles. The Bertz CT molecular complexity index is 1090. The molecule has 29 heavy (non-hydrogen) atoms. The van der Waals surface area contributed by atoms with E-state index in [0.29, 0.717) is 0 Å². The van der Waals surface area contributed by atoms with Gasteiger partial charge in [0.2, 0.25) is 10.0 Å². The van der Waals surface area contributed by atoms with E-state index in [1.165, 1.54) is 39.5 Å². The minimum Gasteiger partial charge on any atom is -0.336 e. The van der Waals surface area contributed by atoms with Crippen LogP contribution in [0.15, 0.2) is 41.3 Å². The standard InChI is InChI=1S/C17H14Cl3N3O5S/c18-13-2-1-3-15(16(13)20)29(27,28)22-8-6-21(7-9-22)17(24)12-5-4-11(23(25)26)10-14(12)19/h1-5,10H,6-9H2. The fourth-order valence-electron chi connectivity index (χ4n) is 2.92. The van der Waals surface area contributed by atoms with Gasteiger partial charge in [-0.25, -0.2) is 8.42 Å².